The summed E-state index contributed by atoms with van der Waals surface area (Å²) in [5.41, 5.74) is 2.26. The lowest BCUT2D eigenvalue weighted by molar-refractivity contribution is -0.124. The summed E-state index contributed by atoms with van der Waals surface area (Å²) < 4.78 is 6.07. The SMILES string of the molecule is C[C@@H](Oc1cccc2ccccc12)C(=O)N1CCCc2ccccc21. The highest BCUT2D eigenvalue weighted by atomic mass is 16.5. The Bertz CT molecular complexity index is 913. The van der Waals surface area contributed by atoms with Crippen molar-refractivity contribution in [3.8, 4) is 5.75 Å². The van der Waals surface area contributed by atoms with E-state index in [1.807, 2.05) is 60.4 Å². The van der Waals surface area contributed by atoms with E-state index < -0.39 is 6.10 Å². The molecule has 1 aliphatic heterocycles. The van der Waals surface area contributed by atoms with Crippen molar-refractivity contribution in [2.45, 2.75) is 25.9 Å². The zero-order valence-corrected chi connectivity index (χ0v) is 14.3. The number of carbonyl (C=O) groups excluding carboxylic acids is 1. The molecule has 4 rings (SSSR count). The van der Waals surface area contributed by atoms with Crippen LogP contribution in [0.15, 0.2) is 66.7 Å². The van der Waals surface area contributed by atoms with Gasteiger partial charge in [0.05, 0.1) is 0 Å². The third-order valence-corrected chi connectivity index (χ3v) is 4.78. The Balaban J connectivity index is 1.59. The Hall–Kier alpha value is -2.81. The number of benzene rings is 3. The summed E-state index contributed by atoms with van der Waals surface area (Å²) in [7, 11) is 0. The zero-order valence-electron chi connectivity index (χ0n) is 14.3. The fourth-order valence-corrected chi connectivity index (χ4v) is 3.52. The molecule has 0 aromatic heterocycles. The lowest BCUT2D eigenvalue weighted by Gasteiger charge is -2.31. The summed E-state index contributed by atoms with van der Waals surface area (Å²) in [6.07, 6.45) is 1.49. The van der Waals surface area contributed by atoms with Gasteiger partial charge in [-0.1, -0.05) is 54.6 Å². The molecule has 3 aromatic rings. The lowest BCUT2D eigenvalue weighted by atomic mass is 10.0. The first kappa shape index (κ1) is 15.7. The molecule has 0 aliphatic carbocycles. The molecule has 1 atom stereocenters. The van der Waals surface area contributed by atoms with Gasteiger partial charge in [0.2, 0.25) is 0 Å². The smallest absolute Gasteiger partial charge is 0.267 e. The molecular weight excluding hydrogens is 310 g/mol. The van der Waals surface area contributed by atoms with Gasteiger partial charge in [-0.15, -0.1) is 0 Å². The highest BCUT2D eigenvalue weighted by Gasteiger charge is 2.27. The molecular formula is C22H21NO2. The second-order valence-electron chi connectivity index (χ2n) is 6.46. The molecule has 126 valence electrons. The predicted octanol–water partition coefficient (Wildman–Crippen LogP) is 4.59. The molecule has 0 N–H and O–H groups in total. The average Bonchev–Trinajstić information content (AvgIpc) is 2.67. The number of aryl methyl sites for hydroxylation is 1. The number of amides is 1. The van der Waals surface area contributed by atoms with E-state index in [2.05, 4.69) is 18.2 Å². The normalized spacial score (nSPS) is 14.8. The van der Waals surface area contributed by atoms with Crippen molar-refractivity contribution >= 4 is 22.4 Å². The van der Waals surface area contributed by atoms with Crippen molar-refractivity contribution < 1.29 is 9.53 Å². The van der Waals surface area contributed by atoms with Crippen LogP contribution in [0.5, 0.6) is 5.75 Å². The molecule has 1 amide bonds. The molecule has 3 heteroatoms. The van der Waals surface area contributed by atoms with Crippen LogP contribution in [-0.4, -0.2) is 18.6 Å². The molecule has 1 heterocycles. The number of para-hydroxylation sites is 1. The number of carbonyl (C=O) groups is 1. The standard InChI is InChI=1S/C22H21NO2/c1-16(25-21-14-6-10-17-8-2-4-12-19(17)21)22(24)23-15-7-11-18-9-3-5-13-20(18)23/h2-6,8-10,12-14,16H,7,11,15H2,1H3/t16-/m1/s1. The second-order valence-corrected chi connectivity index (χ2v) is 6.46. The van der Waals surface area contributed by atoms with E-state index in [0.717, 1.165) is 41.6 Å². The van der Waals surface area contributed by atoms with Crippen molar-refractivity contribution in [3.05, 3.63) is 72.3 Å². The number of anilines is 1. The third-order valence-electron chi connectivity index (χ3n) is 4.78. The monoisotopic (exact) mass is 331 g/mol. The first-order valence-electron chi connectivity index (χ1n) is 8.78. The van der Waals surface area contributed by atoms with Gasteiger partial charge in [0.1, 0.15) is 5.75 Å². The summed E-state index contributed by atoms with van der Waals surface area (Å²) in [5.74, 6) is 0.768. The van der Waals surface area contributed by atoms with Crippen LogP contribution in [0.4, 0.5) is 5.69 Å². The first-order chi connectivity index (χ1) is 12.2. The van der Waals surface area contributed by atoms with E-state index in [4.69, 9.17) is 4.74 Å². The van der Waals surface area contributed by atoms with Crippen LogP contribution in [0.3, 0.4) is 0 Å². The van der Waals surface area contributed by atoms with Crippen molar-refractivity contribution in [1.29, 1.82) is 0 Å². The maximum absolute atomic E-state index is 13.0. The Labute approximate surface area is 147 Å². The second kappa shape index (κ2) is 6.60. The number of fused-ring (bicyclic) bond motifs is 2. The fraction of sp³-hybridized carbons (Fsp3) is 0.227. The number of ether oxygens (including phenoxy) is 1. The van der Waals surface area contributed by atoms with E-state index in [0.29, 0.717) is 0 Å². The minimum absolute atomic E-state index is 0.0140. The van der Waals surface area contributed by atoms with Crippen LogP contribution in [0.2, 0.25) is 0 Å². The summed E-state index contributed by atoms with van der Waals surface area (Å²) in [5, 5.41) is 2.15. The third kappa shape index (κ3) is 2.98. The average molecular weight is 331 g/mol. The van der Waals surface area contributed by atoms with Crippen LogP contribution < -0.4 is 9.64 Å². The van der Waals surface area contributed by atoms with Crippen LogP contribution in [-0.2, 0) is 11.2 Å². The van der Waals surface area contributed by atoms with Gasteiger partial charge in [-0.05, 0) is 42.8 Å². The number of nitrogens with zero attached hydrogens (tertiary/aromatic N) is 1. The number of rotatable bonds is 3. The van der Waals surface area contributed by atoms with E-state index in [1.165, 1.54) is 5.56 Å². The molecule has 0 spiro atoms. The molecule has 0 saturated heterocycles. The van der Waals surface area contributed by atoms with E-state index in [1.54, 1.807) is 0 Å². The van der Waals surface area contributed by atoms with Crippen LogP contribution >= 0.6 is 0 Å². The Morgan fingerprint density at radius 1 is 1.00 bits per heavy atom. The van der Waals surface area contributed by atoms with Gasteiger partial charge in [0, 0.05) is 17.6 Å². The lowest BCUT2D eigenvalue weighted by Crippen LogP contribution is -2.43. The van der Waals surface area contributed by atoms with Gasteiger partial charge in [0.25, 0.3) is 5.91 Å². The molecule has 0 radical (unpaired) electrons. The van der Waals surface area contributed by atoms with Crippen molar-refractivity contribution in [3.63, 3.8) is 0 Å². The van der Waals surface area contributed by atoms with Crippen molar-refractivity contribution in [1.82, 2.24) is 0 Å². The Kier molecular flexibility index (Phi) is 4.14. The number of hydrogen-bond acceptors (Lipinski definition) is 2. The summed E-state index contributed by atoms with van der Waals surface area (Å²) in [6, 6.07) is 22.2. The topological polar surface area (TPSA) is 29.5 Å². The molecule has 0 bridgehead atoms. The number of hydrogen-bond donors (Lipinski definition) is 0. The Morgan fingerprint density at radius 2 is 1.76 bits per heavy atom. The largest absolute Gasteiger partial charge is 0.480 e. The molecule has 0 fully saturated rings. The maximum Gasteiger partial charge on any atom is 0.267 e. The minimum atomic E-state index is -0.531. The highest BCUT2D eigenvalue weighted by Crippen LogP contribution is 2.29. The maximum atomic E-state index is 13.0. The van der Waals surface area contributed by atoms with Gasteiger partial charge in [-0.25, -0.2) is 0 Å². The molecule has 25 heavy (non-hydrogen) atoms. The fourth-order valence-electron chi connectivity index (χ4n) is 3.52. The van der Waals surface area contributed by atoms with Crippen LogP contribution in [0.25, 0.3) is 10.8 Å². The summed E-state index contributed by atoms with van der Waals surface area (Å²) in [4.78, 5) is 14.9. The molecule has 3 nitrogen and oxygen atoms in total. The molecule has 3 aromatic carbocycles. The van der Waals surface area contributed by atoms with Gasteiger partial charge in [-0.3, -0.25) is 4.79 Å². The van der Waals surface area contributed by atoms with Crippen LogP contribution in [0.1, 0.15) is 18.9 Å². The highest BCUT2D eigenvalue weighted by molar-refractivity contribution is 5.98. The minimum Gasteiger partial charge on any atom is -0.480 e. The molecule has 0 saturated carbocycles. The van der Waals surface area contributed by atoms with Crippen LogP contribution in [0, 0.1) is 0 Å². The van der Waals surface area contributed by atoms with E-state index in [9.17, 15) is 4.79 Å². The van der Waals surface area contributed by atoms with E-state index >= 15 is 0 Å². The van der Waals surface area contributed by atoms with Gasteiger partial charge in [-0.2, -0.15) is 0 Å². The van der Waals surface area contributed by atoms with Crippen molar-refractivity contribution in [2.75, 3.05) is 11.4 Å². The quantitative estimate of drug-likeness (QED) is 0.703. The van der Waals surface area contributed by atoms with Crippen molar-refractivity contribution in [2.24, 2.45) is 0 Å². The first-order valence-corrected chi connectivity index (χ1v) is 8.78. The van der Waals surface area contributed by atoms with Gasteiger partial charge < -0.3 is 9.64 Å². The molecule has 0 unspecified atom stereocenters. The summed E-state index contributed by atoms with van der Waals surface area (Å²) >= 11 is 0. The molecule has 1 aliphatic rings. The zero-order chi connectivity index (χ0) is 17.2. The predicted molar refractivity (Wildman–Crippen MR) is 101 cm³/mol. The van der Waals surface area contributed by atoms with Gasteiger partial charge >= 0.3 is 0 Å². The summed E-state index contributed by atoms with van der Waals surface area (Å²) in [6.45, 7) is 2.58. The van der Waals surface area contributed by atoms with E-state index in [-0.39, 0.29) is 5.91 Å². The van der Waals surface area contributed by atoms with Gasteiger partial charge in [0.15, 0.2) is 6.10 Å². The Morgan fingerprint density at radius 3 is 2.68 bits per heavy atom.